The van der Waals surface area contributed by atoms with Gasteiger partial charge in [0, 0.05) is 18.4 Å². The van der Waals surface area contributed by atoms with E-state index < -0.39 is 30.0 Å². The molecule has 1 N–H and O–H groups in total. The summed E-state index contributed by atoms with van der Waals surface area (Å²) in [4.78, 5) is 41.2. The number of anilines is 1. The van der Waals surface area contributed by atoms with Crippen molar-refractivity contribution in [3.8, 4) is 0 Å². The maximum atomic E-state index is 13.5. The van der Waals surface area contributed by atoms with Crippen LogP contribution in [0.3, 0.4) is 0 Å². The van der Waals surface area contributed by atoms with Crippen molar-refractivity contribution in [1.82, 2.24) is 9.80 Å². The van der Waals surface area contributed by atoms with Crippen LogP contribution in [0.5, 0.6) is 0 Å². The predicted molar refractivity (Wildman–Crippen MR) is 133 cm³/mol. The molecule has 1 atom stereocenters. The number of carbonyl (C=O) groups is 3. The summed E-state index contributed by atoms with van der Waals surface area (Å²) < 4.78 is 50.3. The van der Waals surface area contributed by atoms with Gasteiger partial charge in [0.1, 0.15) is 12.2 Å². The van der Waals surface area contributed by atoms with Gasteiger partial charge in [-0.05, 0) is 55.2 Å². The lowest BCUT2D eigenvalue weighted by molar-refractivity contribution is -0.147. The van der Waals surface area contributed by atoms with Gasteiger partial charge in [-0.15, -0.1) is 0 Å². The van der Waals surface area contributed by atoms with Crippen LogP contribution in [0.2, 0.25) is 0 Å². The summed E-state index contributed by atoms with van der Waals surface area (Å²) in [5.74, 6) is -1.79. The first-order valence-electron chi connectivity index (χ1n) is 12.3. The number of hydrogen-bond acceptors (Lipinski definition) is 7. The van der Waals surface area contributed by atoms with Crippen molar-refractivity contribution < 1.29 is 42.1 Å². The van der Waals surface area contributed by atoms with Crippen LogP contribution in [0.15, 0.2) is 54.2 Å². The molecule has 2 heterocycles. The average Bonchev–Trinajstić information content (AvgIpc) is 3.30. The van der Waals surface area contributed by atoms with Crippen molar-refractivity contribution in [3.63, 3.8) is 0 Å². The molecule has 2 aromatic rings. The van der Waals surface area contributed by atoms with Crippen LogP contribution in [0.4, 0.5) is 23.7 Å². The van der Waals surface area contributed by atoms with E-state index in [1.54, 1.807) is 36.1 Å². The molecule has 1 fully saturated rings. The number of benzene rings is 2. The number of rotatable bonds is 8. The summed E-state index contributed by atoms with van der Waals surface area (Å²) in [6, 6.07) is 10.5. The maximum absolute atomic E-state index is 13.5. The van der Waals surface area contributed by atoms with E-state index in [-0.39, 0.29) is 35.9 Å². The standard InChI is InChI=1S/C27H28F3N3O6/c1-3-38-24(35)21-16-32(20-9-7-18(8-10-20)11-12-31-13-14-39-26(31)37)25(36)33(23(21)34)15-19-5-4-6-22(17(19)2)27(28,29)30/h4-10,16,25,36H,3,11-15H2,1-2H3. The van der Waals surface area contributed by atoms with Crippen molar-refractivity contribution >= 4 is 23.7 Å². The first-order valence-corrected chi connectivity index (χ1v) is 12.3. The predicted octanol–water partition coefficient (Wildman–Crippen LogP) is 3.58. The fourth-order valence-corrected chi connectivity index (χ4v) is 4.45. The molecule has 1 unspecified atom stereocenters. The molecule has 0 saturated carbocycles. The second-order valence-electron chi connectivity index (χ2n) is 9.06. The molecule has 2 amide bonds. The summed E-state index contributed by atoms with van der Waals surface area (Å²) in [5.41, 5.74) is 0.171. The third kappa shape index (κ3) is 6.00. The van der Waals surface area contributed by atoms with Gasteiger partial charge in [-0.1, -0.05) is 24.3 Å². The second kappa shape index (κ2) is 11.4. The topological polar surface area (TPSA) is 99.6 Å². The lowest BCUT2D eigenvalue weighted by Gasteiger charge is -2.39. The average molecular weight is 548 g/mol. The third-order valence-corrected chi connectivity index (χ3v) is 6.62. The summed E-state index contributed by atoms with van der Waals surface area (Å²) in [5, 5.41) is 11.2. The van der Waals surface area contributed by atoms with Crippen LogP contribution in [0, 0.1) is 6.92 Å². The van der Waals surface area contributed by atoms with E-state index in [2.05, 4.69) is 0 Å². The number of aliphatic hydroxyl groups excluding tert-OH is 1. The Morgan fingerprint density at radius 3 is 2.49 bits per heavy atom. The van der Waals surface area contributed by atoms with Crippen molar-refractivity contribution in [2.45, 2.75) is 39.3 Å². The molecule has 2 aliphatic heterocycles. The molecule has 9 nitrogen and oxygen atoms in total. The van der Waals surface area contributed by atoms with Crippen LogP contribution in [-0.2, 0) is 38.2 Å². The second-order valence-corrected chi connectivity index (χ2v) is 9.06. The minimum absolute atomic E-state index is 0.00198. The van der Waals surface area contributed by atoms with Crippen molar-refractivity contribution in [2.75, 3.05) is 31.2 Å². The minimum atomic E-state index is -4.59. The highest BCUT2D eigenvalue weighted by Crippen LogP contribution is 2.34. The van der Waals surface area contributed by atoms with Crippen molar-refractivity contribution in [2.24, 2.45) is 0 Å². The van der Waals surface area contributed by atoms with Crippen molar-refractivity contribution in [3.05, 3.63) is 76.5 Å². The number of nitrogens with zero attached hydrogens (tertiary/aromatic N) is 3. The maximum Gasteiger partial charge on any atom is 0.416 e. The molecular formula is C27H28F3N3O6. The number of cyclic esters (lactones) is 1. The molecule has 39 heavy (non-hydrogen) atoms. The van der Waals surface area contributed by atoms with E-state index >= 15 is 0 Å². The van der Waals surface area contributed by atoms with Gasteiger partial charge < -0.3 is 24.4 Å². The fraction of sp³-hybridized carbons (Fsp3) is 0.370. The highest BCUT2D eigenvalue weighted by molar-refractivity contribution is 6.17. The Kier molecular flexibility index (Phi) is 8.14. The van der Waals surface area contributed by atoms with Gasteiger partial charge in [-0.25, -0.2) is 9.59 Å². The van der Waals surface area contributed by atoms with E-state index in [1.165, 1.54) is 30.2 Å². The number of halogens is 3. The van der Waals surface area contributed by atoms with Crippen LogP contribution >= 0.6 is 0 Å². The number of carbonyl (C=O) groups excluding carboxylic acids is 3. The van der Waals surface area contributed by atoms with Crippen LogP contribution in [0.1, 0.15) is 29.2 Å². The van der Waals surface area contributed by atoms with Crippen LogP contribution in [-0.4, -0.2) is 65.5 Å². The van der Waals surface area contributed by atoms with Gasteiger partial charge in [0.05, 0.1) is 25.3 Å². The molecule has 0 aromatic heterocycles. The zero-order chi connectivity index (χ0) is 28.3. The number of aliphatic hydroxyl groups is 1. The van der Waals surface area contributed by atoms with E-state index in [0.717, 1.165) is 16.5 Å². The summed E-state index contributed by atoms with van der Waals surface area (Å²) in [7, 11) is 0. The molecule has 2 aliphatic rings. The molecular weight excluding hydrogens is 519 g/mol. The number of alkyl halides is 3. The molecule has 12 heteroatoms. The first kappa shape index (κ1) is 28.0. The van der Waals surface area contributed by atoms with Gasteiger partial charge >= 0.3 is 18.2 Å². The normalized spacial score (nSPS) is 17.8. The lowest BCUT2D eigenvalue weighted by atomic mass is 10.0. The number of ether oxygens (including phenoxy) is 2. The Bertz CT molecular complexity index is 1280. The molecule has 4 rings (SSSR count). The van der Waals surface area contributed by atoms with Gasteiger partial charge in [0.25, 0.3) is 5.91 Å². The van der Waals surface area contributed by atoms with E-state index in [0.29, 0.717) is 31.8 Å². The van der Waals surface area contributed by atoms with E-state index in [9.17, 15) is 32.7 Å². The molecule has 0 radical (unpaired) electrons. The summed E-state index contributed by atoms with van der Waals surface area (Å²) in [6.07, 6.45) is -4.84. The van der Waals surface area contributed by atoms with Gasteiger partial charge in [0.15, 0.2) is 0 Å². The first-order chi connectivity index (χ1) is 18.5. The Morgan fingerprint density at radius 2 is 1.87 bits per heavy atom. The van der Waals surface area contributed by atoms with Gasteiger partial charge in [-0.3, -0.25) is 9.69 Å². The molecule has 0 aliphatic carbocycles. The van der Waals surface area contributed by atoms with Gasteiger partial charge in [-0.2, -0.15) is 13.2 Å². The largest absolute Gasteiger partial charge is 0.462 e. The third-order valence-electron chi connectivity index (χ3n) is 6.62. The minimum Gasteiger partial charge on any atom is -0.462 e. The summed E-state index contributed by atoms with van der Waals surface area (Å²) in [6.45, 7) is 3.83. The zero-order valence-corrected chi connectivity index (χ0v) is 21.4. The van der Waals surface area contributed by atoms with Crippen LogP contribution in [0.25, 0.3) is 0 Å². The van der Waals surface area contributed by atoms with E-state index in [4.69, 9.17) is 9.47 Å². The monoisotopic (exact) mass is 547 g/mol. The Labute approximate surface area is 223 Å². The number of esters is 1. The molecule has 2 aromatic carbocycles. The molecule has 1 saturated heterocycles. The smallest absolute Gasteiger partial charge is 0.416 e. The van der Waals surface area contributed by atoms with E-state index in [1.807, 2.05) is 0 Å². The number of hydrogen-bond donors (Lipinski definition) is 1. The Morgan fingerprint density at radius 1 is 1.15 bits per heavy atom. The Balaban J connectivity index is 1.61. The van der Waals surface area contributed by atoms with Crippen LogP contribution < -0.4 is 4.90 Å². The highest BCUT2D eigenvalue weighted by Gasteiger charge is 2.39. The molecule has 208 valence electrons. The fourth-order valence-electron chi connectivity index (χ4n) is 4.45. The Hall–Kier alpha value is -4.06. The number of amides is 2. The zero-order valence-electron chi connectivity index (χ0n) is 21.4. The van der Waals surface area contributed by atoms with Crippen molar-refractivity contribution in [1.29, 1.82) is 0 Å². The molecule has 0 spiro atoms. The SMILES string of the molecule is CCOC(=O)C1=CN(c2ccc(CCN3CCOC3=O)cc2)C(O)N(Cc2cccc(C(F)(F)F)c2C)C1=O. The highest BCUT2D eigenvalue weighted by atomic mass is 19.4. The molecule has 0 bridgehead atoms. The quantitative estimate of drug-likeness (QED) is 0.399. The lowest BCUT2D eigenvalue weighted by Crippen LogP contribution is -2.54. The van der Waals surface area contributed by atoms with Gasteiger partial charge in [0.2, 0.25) is 6.35 Å². The summed E-state index contributed by atoms with van der Waals surface area (Å²) >= 11 is 0.